The molecule has 7 heteroatoms. The van der Waals surface area contributed by atoms with Crippen molar-refractivity contribution in [2.45, 2.75) is 33.3 Å². The van der Waals surface area contributed by atoms with Gasteiger partial charge in [-0.1, -0.05) is 6.07 Å². The molecule has 2 aromatic rings. The molecule has 0 amide bonds. The van der Waals surface area contributed by atoms with Crippen LogP contribution < -0.4 is 10.3 Å². The van der Waals surface area contributed by atoms with Gasteiger partial charge in [0.2, 0.25) is 5.88 Å². The quantitative estimate of drug-likeness (QED) is 0.805. The van der Waals surface area contributed by atoms with Crippen LogP contribution in [0.1, 0.15) is 34.5 Å². The third kappa shape index (κ3) is 4.44. The van der Waals surface area contributed by atoms with E-state index in [-0.39, 0.29) is 24.6 Å². The molecular formula is C18H19N3O4. The Bertz CT molecular complexity index is 881. The minimum absolute atomic E-state index is 0.0586. The van der Waals surface area contributed by atoms with Crippen molar-refractivity contribution in [1.82, 2.24) is 9.97 Å². The number of aryl methyl sites for hydroxylation is 1. The summed E-state index contributed by atoms with van der Waals surface area (Å²) in [6, 6.07) is 7.11. The lowest BCUT2D eigenvalue weighted by Gasteiger charge is -2.10. The lowest BCUT2D eigenvalue weighted by molar-refractivity contribution is -0.145. The Morgan fingerprint density at radius 2 is 2.12 bits per heavy atom. The standard InChI is InChI=1S/C18H19N3O4/c1-11-14(12(2)20-18(23)15(11)9-19)7-8-17(22)25-10-13-5-4-6-16(21-13)24-3/h4-6H,7-8,10H2,1-3H3,(H,20,23). The van der Waals surface area contributed by atoms with Crippen LogP contribution in [0.3, 0.4) is 0 Å². The van der Waals surface area contributed by atoms with Gasteiger partial charge in [0.05, 0.1) is 12.8 Å². The Kier molecular flexibility index (Phi) is 5.90. The fourth-order valence-corrected chi connectivity index (χ4v) is 2.53. The van der Waals surface area contributed by atoms with E-state index in [2.05, 4.69) is 9.97 Å². The van der Waals surface area contributed by atoms with Crippen molar-refractivity contribution in [3.63, 3.8) is 0 Å². The summed E-state index contributed by atoms with van der Waals surface area (Å²) >= 11 is 0. The number of H-pyrrole nitrogens is 1. The van der Waals surface area contributed by atoms with Crippen LogP contribution in [0.25, 0.3) is 0 Å². The monoisotopic (exact) mass is 341 g/mol. The molecule has 0 aliphatic heterocycles. The molecule has 130 valence electrons. The summed E-state index contributed by atoms with van der Waals surface area (Å²) in [5.74, 6) is 0.0743. The van der Waals surface area contributed by atoms with Crippen LogP contribution in [0.2, 0.25) is 0 Å². The number of aromatic amines is 1. The third-order valence-electron chi connectivity index (χ3n) is 3.87. The molecule has 2 heterocycles. The third-order valence-corrected chi connectivity index (χ3v) is 3.87. The second-order valence-corrected chi connectivity index (χ2v) is 5.50. The first kappa shape index (κ1) is 18.2. The fraction of sp³-hybridized carbons (Fsp3) is 0.333. The van der Waals surface area contributed by atoms with E-state index in [1.807, 2.05) is 6.07 Å². The van der Waals surface area contributed by atoms with Gasteiger partial charge in [-0.2, -0.15) is 5.26 Å². The van der Waals surface area contributed by atoms with Crippen molar-refractivity contribution in [2.75, 3.05) is 7.11 Å². The number of nitrogens with zero attached hydrogens (tertiary/aromatic N) is 2. The number of carbonyl (C=O) groups excluding carboxylic acids is 1. The van der Waals surface area contributed by atoms with Gasteiger partial charge in [-0.15, -0.1) is 0 Å². The zero-order chi connectivity index (χ0) is 18.4. The van der Waals surface area contributed by atoms with Crippen molar-refractivity contribution in [3.8, 4) is 11.9 Å². The molecule has 0 saturated heterocycles. The SMILES string of the molecule is COc1cccc(COC(=O)CCc2c(C)[nH]c(=O)c(C#N)c2C)n1. The highest BCUT2D eigenvalue weighted by Crippen LogP contribution is 2.15. The Morgan fingerprint density at radius 1 is 1.36 bits per heavy atom. The van der Waals surface area contributed by atoms with E-state index in [1.54, 1.807) is 32.0 Å². The van der Waals surface area contributed by atoms with Crippen LogP contribution >= 0.6 is 0 Å². The Morgan fingerprint density at radius 3 is 2.80 bits per heavy atom. The molecule has 0 spiro atoms. The molecule has 2 aromatic heterocycles. The van der Waals surface area contributed by atoms with Crippen LogP contribution in [-0.2, 0) is 22.6 Å². The molecule has 0 radical (unpaired) electrons. The summed E-state index contributed by atoms with van der Waals surface area (Å²) in [5.41, 5.74) is 2.31. The number of nitriles is 1. The smallest absolute Gasteiger partial charge is 0.306 e. The van der Waals surface area contributed by atoms with E-state index >= 15 is 0 Å². The molecule has 0 saturated carbocycles. The minimum Gasteiger partial charge on any atom is -0.481 e. The van der Waals surface area contributed by atoms with Crippen LogP contribution in [0.15, 0.2) is 23.0 Å². The van der Waals surface area contributed by atoms with Gasteiger partial charge < -0.3 is 14.5 Å². The van der Waals surface area contributed by atoms with Gasteiger partial charge in [-0.25, -0.2) is 4.98 Å². The molecule has 7 nitrogen and oxygen atoms in total. The summed E-state index contributed by atoms with van der Waals surface area (Å²) in [6.45, 7) is 3.51. The molecule has 0 aliphatic carbocycles. The average Bonchev–Trinajstić information content (AvgIpc) is 2.60. The predicted molar refractivity (Wildman–Crippen MR) is 90.2 cm³/mol. The molecule has 0 atom stereocenters. The Labute approximate surface area is 145 Å². The summed E-state index contributed by atoms with van der Waals surface area (Å²) in [6.07, 6.45) is 0.524. The van der Waals surface area contributed by atoms with Crippen LogP contribution in [-0.4, -0.2) is 23.0 Å². The number of hydrogen-bond donors (Lipinski definition) is 1. The molecule has 0 bridgehead atoms. The highest BCUT2D eigenvalue weighted by molar-refractivity contribution is 5.70. The van der Waals surface area contributed by atoms with E-state index < -0.39 is 5.56 Å². The molecular weight excluding hydrogens is 322 g/mol. The summed E-state index contributed by atoms with van der Waals surface area (Å²) in [7, 11) is 1.52. The zero-order valence-corrected chi connectivity index (χ0v) is 14.4. The largest absolute Gasteiger partial charge is 0.481 e. The number of aromatic nitrogens is 2. The van der Waals surface area contributed by atoms with Gasteiger partial charge >= 0.3 is 5.97 Å². The van der Waals surface area contributed by atoms with Crippen molar-refractivity contribution >= 4 is 5.97 Å². The van der Waals surface area contributed by atoms with Crippen molar-refractivity contribution in [1.29, 1.82) is 5.26 Å². The summed E-state index contributed by atoms with van der Waals surface area (Å²) in [4.78, 5) is 30.5. The number of methoxy groups -OCH3 is 1. The van der Waals surface area contributed by atoms with Gasteiger partial charge in [0.1, 0.15) is 18.2 Å². The Hall–Kier alpha value is -3.14. The first-order valence-electron chi connectivity index (χ1n) is 7.74. The first-order valence-corrected chi connectivity index (χ1v) is 7.74. The van der Waals surface area contributed by atoms with E-state index in [0.29, 0.717) is 29.3 Å². The van der Waals surface area contributed by atoms with Gasteiger partial charge in [0.25, 0.3) is 5.56 Å². The second kappa shape index (κ2) is 8.11. The zero-order valence-electron chi connectivity index (χ0n) is 14.4. The molecule has 0 unspecified atom stereocenters. The van der Waals surface area contributed by atoms with Crippen LogP contribution in [0.5, 0.6) is 5.88 Å². The second-order valence-electron chi connectivity index (χ2n) is 5.50. The Balaban J connectivity index is 1.99. The maximum absolute atomic E-state index is 12.0. The topological polar surface area (TPSA) is 105 Å². The lowest BCUT2D eigenvalue weighted by Crippen LogP contribution is -2.17. The van der Waals surface area contributed by atoms with Gasteiger partial charge in [0.15, 0.2) is 0 Å². The number of carbonyl (C=O) groups is 1. The van der Waals surface area contributed by atoms with E-state index in [0.717, 1.165) is 5.56 Å². The van der Waals surface area contributed by atoms with Crippen molar-refractivity contribution in [2.24, 2.45) is 0 Å². The minimum atomic E-state index is -0.409. The summed E-state index contributed by atoms with van der Waals surface area (Å²) in [5, 5.41) is 9.07. The lowest BCUT2D eigenvalue weighted by atomic mass is 9.99. The molecule has 0 fully saturated rings. The van der Waals surface area contributed by atoms with Crippen LogP contribution in [0.4, 0.5) is 0 Å². The normalized spacial score (nSPS) is 10.2. The number of hydrogen-bond acceptors (Lipinski definition) is 6. The fourth-order valence-electron chi connectivity index (χ4n) is 2.53. The number of ether oxygens (including phenoxy) is 2. The summed E-state index contributed by atoms with van der Waals surface area (Å²) < 4.78 is 10.2. The first-order chi connectivity index (χ1) is 12.0. The van der Waals surface area contributed by atoms with Gasteiger partial charge in [0, 0.05) is 18.2 Å². The van der Waals surface area contributed by atoms with E-state index in [4.69, 9.17) is 14.7 Å². The predicted octanol–water partition coefficient (Wildman–Crippen LogP) is 1.94. The molecule has 1 N–H and O–H groups in total. The van der Waals surface area contributed by atoms with Crippen molar-refractivity contribution in [3.05, 3.63) is 56.6 Å². The molecule has 25 heavy (non-hydrogen) atoms. The number of rotatable bonds is 6. The maximum atomic E-state index is 12.0. The maximum Gasteiger partial charge on any atom is 0.306 e. The average molecular weight is 341 g/mol. The van der Waals surface area contributed by atoms with E-state index in [1.165, 1.54) is 7.11 Å². The highest BCUT2D eigenvalue weighted by atomic mass is 16.5. The van der Waals surface area contributed by atoms with Gasteiger partial charge in [-0.05, 0) is 37.5 Å². The van der Waals surface area contributed by atoms with Gasteiger partial charge in [-0.3, -0.25) is 9.59 Å². The number of nitrogens with one attached hydrogen (secondary N) is 1. The van der Waals surface area contributed by atoms with Crippen LogP contribution in [0, 0.1) is 25.2 Å². The molecule has 2 rings (SSSR count). The van der Waals surface area contributed by atoms with Crippen molar-refractivity contribution < 1.29 is 14.3 Å². The molecule has 0 aliphatic rings. The highest BCUT2D eigenvalue weighted by Gasteiger charge is 2.14. The molecule has 0 aromatic carbocycles. The number of pyridine rings is 2. The number of esters is 1. The van der Waals surface area contributed by atoms with E-state index in [9.17, 15) is 9.59 Å².